The molecule has 0 aliphatic heterocycles. The Hall–Kier alpha value is -1.32. The smallest absolute Gasteiger partial charge is 0.137 e. The molecule has 0 aromatic carbocycles. The van der Waals surface area contributed by atoms with Crippen LogP contribution < -0.4 is 10.2 Å². The van der Waals surface area contributed by atoms with E-state index in [-0.39, 0.29) is 0 Å². The zero-order valence-electron chi connectivity index (χ0n) is 11.8. The summed E-state index contributed by atoms with van der Waals surface area (Å²) in [5.74, 6) is 2.89. The van der Waals surface area contributed by atoms with E-state index in [4.69, 9.17) is 0 Å². The van der Waals surface area contributed by atoms with Crippen molar-refractivity contribution in [1.82, 2.24) is 9.97 Å². The normalized spacial score (nSPS) is 10.8. The number of rotatable bonds is 5. The summed E-state index contributed by atoms with van der Waals surface area (Å²) < 4.78 is 0. The van der Waals surface area contributed by atoms with E-state index in [2.05, 4.69) is 61.9 Å². The van der Waals surface area contributed by atoms with E-state index >= 15 is 0 Å². The van der Waals surface area contributed by atoms with E-state index in [0.717, 1.165) is 36.0 Å². The number of hydrogen-bond acceptors (Lipinski definition) is 4. The Morgan fingerprint density at radius 2 is 1.88 bits per heavy atom. The van der Waals surface area contributed by atoms with E-state index in [1.807, 2.05) is 0 Å². The van der Waals surface area contributed by atoms with Crippen LogP contribution in [0.2, 0.25) is 0 Å². The molecule has 17 heavy (non-hydrogen) atoms. The quantitative estimate of drug-likeness (QED) is 0.853. The van der Waals surface area contributed by atoms with E-state index in [1.54, 1.807) is 0 Å². The Balaban J connectivity index is 3.23. The average molecular weight is 236 g/mol. The second-order valence-electron chi connectivity index (χ2n) is 4.53. The summed E-state index contributed by atoms with van der Waals surface area (Å²) in [4.78, 5) is 11.4. The molecule has 96 valence electrons. The number of nitrogens with one attached hydrogen (secondary N) is 1. The van der Waals surface area contributed by atoms with Crippen molar-refractivity contribution in [3.63, 3.8) is 0 Å². The van der Waals surface area contributed by atoms with Crippen LogP contribution in [0.15, 0.2) is 0 Å². The number of nitrogens with zero attached hydrogens (tertiary/aromatic N) is 3. The number of hydrogen-bond donors (Lipinski definition) is 1. The van der Waals surface area contributed by atoms with Gasteiger partial charge in [0.1, 0.15) is 17.5 Å². The summed E-state index contributed by atoms with van der Waals surface area (Å²) in [5, 5.41) is 3.31. The third-order valence-corrected chi connectivity index (χ3v) is 2.94. The third-order valence-electron chi connectivity index (χ3n) is 2.94. The van der Waals surface area contributed by atoms with Crippen LogP contribution in [-0.2, 0) is 6.42 Å². The lowest BCUT2D eigenvalue weighted by Gasteiger charge is -2.25. The molecule has 1 aromatic rings. The molecule has 4 heteroatoms. The fraction of sp³-hybridized carbons (Fsp3) is 0.692. The lowest BCUT2D eigenvalue weighted by molar-refractivity contribution is 0.732. The van der Waals surface area contributed by atoms with Crippen molar-refractivity contribution in [2.24, 2.45) is 0 Å². The van der Waals surface area contributed by atoms with Crippen molar-refractivity contribution in [3.05, 3.63) is 11.4 Å². The van der Waals surface area contributed by atoms with Crippen LogP contribution in [-0.4, -0.2) is 29.6 Å². The minimum Gasteiger partial charge on any atom is -0.370 e. The minimum atomic E-state index is 0.433. The van der Waals surface area contributed by atoms with Crippen LogP contribution in [0, 0.1) is 6.92 Å². The van der Waals surface area contributed by atoms with Crippen molar-refractivity contribution >= 4 is 11.6 Å². The molecule has 0 fully saturated rings. The van der Waals surface area contributed by atoms with Gasteiger partial charge in [0.25, 0.3) is 0 Å². The molecule has 0 radical (unpaired) electrons. The maximum Gasteiger partial charge on any atom is 0.137 e. The van der Waals surface area contributed by atoms with Gasteiger partial charge in [-0.2, -0.15) is 0 Å². The number of anilines is 2. The standard InChI is InChI=1S/C13H24N4/c1-7-11-15-12(14-8-2)10(5)13(16-11)17(6)9(3)4/h9H,7-8H2,1-6H3,(H,14,15,16). The second kappa shape index (κ2) is 5.84. The van der Waals surface area contributed by atoms with Crippen molar-refractivity contribution in [1.29, 1.82) is 0 Å². The lowest BCUT2D eigenvalue weighted by Crippen LogP contribution is -2.28. The maximum absolute atomic E-state index is 4.63. The largest absolute Gasteiger partial charge is 0.370 e. The van der Waals surface area contributed by atoms with E-state index in [9.17, 15) is 0 Å². The molecule has 1 N–H and O–H groups in total. The first-order chi connectivity index (χ1) is 8.01. The van der Waals surface area contributed by atoms with Crippen LogP contribution in [0.4, 0.5) is 11.6 Å². The van der Waals surface area contributed by atoms with Gasteiger partial charge < -0.3 is 10.2 Å². The lowest BCUT2D eigenvalue weighted by atomic mass is 10.2. The van der Waals surface area contributed by atoms with Crippen LogP contribution in [0.1, 0.15) is 39.1 Å². The molecular weight excluding hydrogens is 212 g/mol. The van der Waals surface area contributed by atoms with Crippen LogP contribution in [0.5, 0.6) is 0 Å². The molecule has 0 bridgehead atoms. The molecule has 0 saturated heterocycles. The SMILES string of the molecule is CCNc1nc(CC)nc(N(C)C(C)C)c1C. The van der Waals surface area contributed by atoms with E-state index in [1.165, 1.54) is 0 Å². The number of aromatic nitrogens is 2. The van der Waals surface area contributed by atoms with Gasteiger partial charge in [-0.3, -0.25) is 0 Å². The van der Waals surface area contributed by atoms with Gasteiger partial charge in [-0.15, -0.1) is 0 Å². The Labute approximate surface area is 104 Å². The van der Waals surface area contributed by atoms with Crippen LogP contribution in [0.3, 0.4) is 0 Å². The van der Waals surface area contributed by atoms with Gasteiger partial charge in [-0.1, -0.05) is 6.92 Å². The molecule has 1 aromatic heterocycles. The van der Waals surface area contributed by atoms with Crippen molar-refractivity contribution in [3.8, 4) is 0 Å². The van der Waals surface area contributed by atoms with Crippen molar-refractivity contribution < 1.29 is 0 Å². The first kappa shape index (κ1) is 13.7. The molecule has 0 amide bonds. The predicted molar refractivity (Wildman–Crippen MR) is 73.8 cm³/mol. The topological polar surface area (TPSA) is 41.1 Å². The van der Waals surface area contributed by atoms with Gasteiger partial charge in [0, 0.05) is 31.6 Å². The van der Waals surface area contributed by atoms with Crippen molar-refractivity contribution in [2.75, 3.05) is 23.8 Å². The average Bonchev–Trinajstić information content (AvgIpc) is 2.31. The van der Waals surface area contributed by atoms with E-state index in [0.29, 0.717) is 6.04 Å². The monoisotopic (exact) mass is 236 g/mol. The highest BCUT2D eigenvalue weighted by Crippen LogP contribution is 2.24. The molecule has 1 rings (SSSR count). The summed E-state index contributed by atoms with van der Waals surface area (Å²) in [6, 6.07) is 0.433. The molecule has 0 atom stereocenters. The second-order valence-corrected chi connectivity index (χ2v) is 4.53. The summed E-state index contributed by atoms with van der Waals surface area (Å²) in [7, 11) is 2.08. The first-order valence-electron chi connectivity index (χ1n) is 6.35. The van der Waals surface area contributed by atoms with Gasteiger partial charge >= 0.3 is 0 Å². The molecule has 0 saturated carbocycles. The van der Waals surface area contributed by atoms with Crippen LogP contribution >= 0.6 is 0 Å². The summed E-state index contributed by atoms with van der Waals surface area (Å²) in [5.41, 5.74) is 1.13. The van der Waals surface area contributed by atoms with Gasteiger partial charge in [-0.05, 0) is 27.7 Å². The first-order valence-corrected chi connectivity index (χ1v) is 6.35. The molecule has 0 unspecified atom stereocenters. The molecule has 4 nitrogen and oxygen atoms in total. The Morgan fingerprint density at radius 1 is 1.24 bits per heavy atom. The molecule has 1 heterocycles. The van der Waals surface area contributed by atoms with Gasteiger partial charge in [0.2, 0.25) is 0 Å². The highest BCUT2D eigenvalue weighted by Gasteiger charge is 2.15. The molecule has 0 spiro atoms. The summed E-state index contributed by atoms with van der Waals surface area (Å²) in [6.07, 6.45) is 0.859. The summed E-state index contributed by atoms with van der Waals surface area (Å²) in [6.45, 7) is 11.5. The zero-order chi connectivity index (χ0) is 13.0. The number of aryl methyl sites for hydroxylation is 1. The Kier molecular flexibility index (Phi) is 4.73. The van der Waals surface area contributed by atoms with E-state index < -0.39 is 0 Å². The maximum atomic E-state index is 4.63. The fourth-order valence-electron chi connectivity index (χ4n) is 1.64. The molecular formula is C13H24N4. The predicted octanol–water partition coefficient (Wildman–Crippen LogP) is 2.62. The Morgan fingerprint density at radius 3 is 2.35 bits per heavy atom. The highest BCUT2D eigenvalue weighted by atomic mass is 15.2. The van der Waals surface area contributed by atoms with Gasteiger partial charge in [-0.25, -0.2) is 9.97 Å². The minimum absolute atomic E-state index is 0.433. The van der Waals surface area contributed by atoms with Gasteiger partial charge in [0.05, 0.1) is 0 Å². The zero-order valence-corrected chi connectivity index (χ0v) is 11.8. The third kappa shape index (κ3) is 3.08. The molecule has 0 aliphatic rings. The Bertz CT molecular complexity index is 374. The van der Waals surface area contributed by atoms with Gasteiger partial charge in [0.15, 0.2) is 0 Å². The summed E-state index contributed by atoms with van der Waals surface area (Å²) >= 11 is 0. The fourth-order valence-corrected chi connectivity index (χ4v) is 1.64. The van der Waals surface area contributed by atoms with Crippen molar-refractivity contribution in [2.45, 2.75) is 47.1 Å². The molecule has 0 aliphatic carbocycles. The highest BCUT2D eigenvalue weighted by molar-refractivity contribution is 5.58. The van der Waals surface area contributed by atoms with Crippen LogP contribution in [0.25, 0.3) is 0 Å².